The van der Waals surface area contributed by atoms with Gasteiger partial charge in [-0.3, -0.25) is 13.6 Å². The van der Waals surface area contributed by atoms with Gasteiger partial charge in [-0.05, 0) is 27.7 Å². The minimum absolute atomic E-state index is 0.0541. The Balaban J connectivity index is 0.000000962. The lowest BCUT2D eigenvalue weighted by Crippen LogP contribution is -2.17. The van der Waals surface area contributed by atoms with Gasteiger partial charge < -0.3 is 44.2 Å². The number of nitrogens with two attached hydrogens (primary N) is 1. The zero-order valence-corrected chi connectivity index (χ0v) is 23.9. The van der Waals surface area contributed by atoms with Gasteiger partial charge in [0.05, 0.1) is 31.2 Å². The first kappa shape index (κ1) is 35.7. The highest BCUT2D eigenvalue weighted by Crippen LogP contribution is 2.48. The van der Waals surface area contributed by atoms with Crippen molar-refractivity contribution in [3.8, 4) is 0 Å². The molecule has 2 aromatic heterocycles. The van der Waals surface area contributed by atoms with E-state index >= 15 is 0 Å². The van der Waals surface area contributed by atoms with Crippen LogP contribution in [0.5, 0.6) is 0 Å². The van der Waals surface area contributed by atoms with E-state index in [1.807, 2.05) is 0 Å². The minimum atomic E-state index is -4.02. The average molecular weight is 620 g/mol. The second kappa shape index (κ2) is 18.2. The summed E-state index contributed by atoms with van der Waals surface area (Å²) in [4.78, 5) is 54.1. The van der Waals surface area contributed by atoms with E-state index in [-0.39, 0.29) is 19.0 Å². The monoisotopic (exact) mass is 620 g/mol. The summed E-state index contributed by atoms with van der Waals surface area (Å²) in [6.07, 6.45) is 1.37. The van der Waals surface area contributed by atoms with E-state index in [1.54, 1.807) is 32.3 Å². The summed E-state index contributed by atoms with van der Waals surface area (Å²) < 4.78 is 49.1. The van der Waals surface area contributed by atoms with Crippen LogP contribution in [-0.4, -0.2) is 92.7 Å². The largest absolute Gasteiger partial charge is 0.510 e. The van der Waals surface area contributed by atoms with Crippen LogP contribution in [0.25, 0.3) is 11.2 Å². The number of aliphatic carboxylic acids is 2. The molecule has 4 N–H and O–H groups in total. The third-order valence-corrected chi connectivity index (χ3v) is 5.49. The Morgan fingerprint density at radius 2 is 1.57 bits per heavy atom. The molecule has 0 aliphatic rings. The number of ether oxygens (including phenoxy) is 5. The average Bonchev–Trinajstić information content (AvgIpc) is 3.29. The molecule has 0 bridgehead atoms. The van der Waals surface area contributed by atoms with E-state index in [4.69, 9.17) is 48.7 Å². The van der Waals surface area contributed by atoms with Gasteiger partial charge >= 0.3 is 31.8 Å². The lowest BCUT2D eigenvalue weighted by atomic mass is 10.5. The van der Waals surface area contributed by atoms with E-state index in [0.29, 0.717) is 17.2 Å². The van der Waals surface area contributed by atoms with Gasteiger partial charge in [-0.15, -0.1) is 0 Å². The molecule has 19 nitrogen and oxygen atoms in total. The fourth-order valence-electron chi connectivity index (χ4n) is 2.40. The first-order valence-corrected chi connectivity index (χ1v) is 13.5. The first-order chi connectivity index (χ1) is 19.7. The molecule has 0 atom stereocenters. The van der Waals surface area contributed by atoms with E-state index in [2.05, 4.69) is 15.0 Å². The predicted molar refractivity (Wildman–Crippen MR) is 139 cm³/mol. The number of anilines is 1. The van der Waals surface area contributed by atoms with Crippen molar-refractivity contribution in [2.24, 2.45) is 0 Å². The summed E-state index contributed by atoms with van der Waals surface area (Å²) in [5.41, 5.74) is 6.69. The summed E-state index contributed by atoms with van der Waals surface area (Å²) in [6, 6.07) is 0. The van der Waals surface area contributed by atoms with Crippen molar-refractivity contribution < 1.29 is 66.7 Å². The Hall–Kier alpha value is -4.32. The number of fused-ring (bicyclic) bond motifs is 1. The zero-order valence-electron chi connectivity index (χ0n) is 23.0. The summed E-state index contributed by atoms with van der Waals surface area (Å²) in [6.45, 7) is 5.35. The Kier molecular flexibility index (Phi) is 15.5. The molecular weight excluding hydrogens is 589 g/mol. The molecule has 0 aliphatic carbocycles. The van der Waals surface area contributed by atoms with Gasteiger partial charge in [0.2, 0.25) is 13.6 Å². The molecule has 42 heavy (non-hydrogen) atoms. The molecule has 0 amide bonds. The van der Waals surface area contributed by atoms with Crippen LogP contribution >= 0.6 is 7.60 Å². The smallest absolute Gasteiger partial charge is 0.478 e. The van der Waals surface area contributed by atoms with E-state index in [1.165, 1.54) is 18.7 Å². The SMILES string of the molecule is CC(C)OC(=O)OCOP(=O)(COCCn1cnc2c(N)ncnc21)OCOC(=O)OC(C)C.O=C(O)[C]=CC(=O)O. The summed E-state index contributed by atoms with van der Waals surface area (Å²) in [7, 11) is -4.02. The fraction of sp³-hybridized carbons (Fsp3) is 0.500. The number of aromatic nitrogens is 4. The number of hydrogen-bond donors (Lipinski definition) is 3. The molecule has 0 aliphatic heterocycles. The molecule has 0 spiro atoms. The highest BCUT2D eigenvalue weighted by Gasteiger charge is 2.27. The van der Waals surface area contributed by atoms with E-state index in [0.717, 1.165) is 0 Å². The lowest BCUT2D eigenvalue weighted by Gasteiger charge is -2.18. The van der Waals surface area contributed by atoms with Crippen LogP contribution < -0.4 is 5.73 Å². The van der Waals surface area contributed by atoms with Crippen molar-refractivity contribution in [1.82, 2.24) is 19.5 Å². The highest BCUT2D eigenvalue weighted by molar-refractivity contribution is 7.53. The third kappa shape index (κ3) is 14.9. The van der Waals surface area contributed by atoms with Gasteiger partial charge in [0.25, 0.3) is 0 Å². The van der Waals surface area contributed by atoms with Crippen LogP contribution in [0.3, 0.4) is 0 Å². The number of carbonyl (C=O) groups excluding carboxylic acids is 2. The Morgan fingerprint density at radius 1 is 1.00 bits per heavy atom. The van der Waals surface area contributed by atoms with Crippen LogP contribution in [0.1, 0.15) is 27.7 Å². The van der Waals surface area contributed by atoms with E-state index < -0.39 is 64.0 Å². The molecule has 0 unspecified atom stereocenters. The minimum Gasteiger partial charge on any atom is -0.478 e. The topological polar surface area (TPSA) is 260 Å². The van der Waals surface area contributed by atoms with Crippen molar-refractivity contribution in [3.05, 3.63) is 24.8 Å². The predicted octanol–water partition coefficient (Wildman–Crippen LogP) is 2.16. The van der Waals surface area contributed by atoms with Gasteiger partial charge in [-0.1, -0.05) is 0 Å². The molecule has 0 saturated carbocycles. The number of carbonyl (C=O) groups is 4. The molecule has 20 heteroatoms. The molecule has 0 aromatic carbocycles. The maximum atomic E-state index is 12.9. The van der Waals surface area contributed by atoms with Gasteiger partial charge in [0, 0.05) is 12.6 Å². The highest BCUT2D eigenvalue weighted by atomic mass is 31.2. The molecule has 0 fully saturated rings. The second-order valence-electron chi connectivity index (χ2n) is 8.07. The third-order valence-electron chi connectivity index (χ3n) is 3.99. The zero-order chi connectivity index (χ0) is 31.7. The van der Waals surface area contributed by atoms with Crippen molar-refractivity contribution in [1.29, 1.82) is 0 Å². The number of hydrogen-bond acceptors (Lipinski definition) is 16. The fourth-order valence-corrected chi connectivity index (χ4v) is 3.40. The Labute approximate surface area is 239 Å². The van der Waals surface area contributed by atoms with Gasteiger partial charge in [0.15, 0.2) is 11.5 Å². The summed E-state index contributed by atoms with van der Waals surface area (Å²) in [5, 5.41) is 15.5. The first-order valence-electron chi connectivity index (χ1n) is 11.8. The van der Waals surface area contributed by atoms with Crippen molar-refractivity contribution >= 4 is 48.8 Å². The van der Waals surface area contributed by atoms with Crippen molar-refractivity contribution in [2.75, 3.05) is 32.3 Å². The molecule has 0 saturated heterocycles. The van der Waals surface area contributed by atoms with Crippen LogP contribution in [-0.2, 0) is 53.4 Å². The van der Waals surface area contributed by atoms with Crippen LogP contribution in [0.15, 0.2) is 18.7 Å². The molecule has 1 radical (unpaired) electrons. The van der Waals surface area contributed by atoms with Gasteiger partial charge in [-0.25, -0.2) is 34.1 Å². The molecular formula is C22H31N5O14P. The normalized spacial score (nSPS) is 11.3. The standard InChI is InChI=1S/C18H28N5O10P.C4H3O4/c1-12(2)32-17(24)28-9-30-34(26,31-10-29-18(25)33-13(3)4)11-27-6-5-23-8-22-14-15(19)20-7-21-16(14)23;5-3(6)1-2-4(7)8/h7-8,12-13H,5-6,9-11H2,1-4H3,(H2,19,20,21);1H,(H,5,6)(H,7,8). The Bertz CT molecular complexity index is 1220. The number of nitrogen functional groups attached to an aromatic ring is 1. The van der Waals surface area contributed by atoms with Crippen LogP contribution in [0.2, 0.25) is 0 Å². The maximum Gasteiger partial charge on any atom is 0.510 e. The van der Waals surface area contributed by atoms with Crippen molar-refractivity contribution in [3.63, 3.8) is 0 Å². The second-order valence-corrected chi connectivity index (χ2v) is 10.1. The molecule has 2 aromatic rings. The number of carboxylic acids is 2. The quantitative estimate of drug-likeness (QED) is 0.0846. The van der Waals surface area contributed by atoms with Crippen LogP contribution in [0, 0.1) is 6.08 Å². The molecule has 2 heterocycles. The number of carboxylic acid groups (broad SMARTS) is 2. The number of rotatable bonds is 15. The number of imidazole rings is 1. The maximum absolute atomic E-state index is 12.9. The molecule has 233 valence electrons. The molecule has 2 rings (SSSR count). The van der Waals surface area contributed by atoms with Crippen molar-refractivity contribution in [2.45, 2.75) is 46.4 Å². The van der Waals surface area contributed by atoms with Gasteiger partial charge in [0.1, 0.15) is 18.2 Å². The lowest BCUT2D eigenvalue weighted by molar-refractivity contribution is -0.134. The summed E-state index contributed by atoms with van der Waals surface area (Å²) >= 11 is 0. The number of nitrogens with zero attached hydrogens (tertiary/aromatic N) is 4. The van der Waals surface area contributed by atoms with Gasteiger partial charge in [-0.2, -0.15) is 0 Å². The summed E-state index contributed by atoms with van der Waals surface area (Å²) in [5.74, 6) is -2.46. The van der Waals surface area contributed by atoms with E-state index in [9.17, 15) is 23.7 Å². The Morgan fingerprint density at radius 3 is 2.05 bits per heavy atom. The van der Waals surface area contributed by atoms with Crippen LogP contribution in [0.4, 0.5) is 15.4 Å².